The molecule has 27 heavy (non-hydrogen) atoms. The second kappa shape index (κ2) is 8.19. The van der Waals surface area contributed by atoms with Crippen molar-refractivity contribution in [2.75, 3.05) is 18.0 Å². The minimum absolute atomic E-state index is 0.122. The van der Waals surface area contributed by atoms with E-state index >= 15 is 0 Å². The van der Waals surface area contributed by atoms with E-state index in [-0.39, 0.29) is 11.9 Å². The van der Waals surface area contributed by atoms with E-state index in [1.54, 1.807) is 0 Å². The molecule has 0 aliphatic carbocycles. The molecule has 2 N–H and O–H groups in total. The Labute approximate surface area is 160 Å². The van der Waals surface area contributed by atoms with Crippen molar-refractivity contribution >= 4 is 11.6 Å². The first-order valence-corrected chi connectivity index (χ1v) is 9.64. The van der Waals surface area contributed by atoms with Gasteiger partial charge in [-0.3, -0.25) is 4.79 Å². The maximum atomic E-state index is 13.0. The molecule has 0 radical (unpaired) electrons. The second-order valence-electron chi connectivity index (χ2n) is 7.02. The Morgan fingerprint density at radius 2 is 1.44 bits per heavy atom. The molecule has 0 unspecified atom stereocenters. The number of para-hydroxylation sites is 1. The molecule has 0 aromatic heterocycles. The molecule has 3 aromatic carbocycles. The first-order valence-electron chi connectivity index (χ1n) is 9.64. The summed E-state index contributed by atoms with van der Waals surface area (Å²) in [5.41, 5.74) is 4.80. The summed E-state index contributed by atoms with van der Waals surface area (Å²) in [7, 11) is 0. The molecule has 3 aromatic rings. The third-order valence-corrected chi connectivity index (χ3v) is 5.26. The number of nitrogens with zero attached hydrogens (tertiary/aromatic N) is 1. The fourth-order valence-electron chi connectivity index (χ4n) is 3.91. The summed E-state index contributed by atoms with van der Waals surface area (Å²) >= 11 is 0. The Hall–Kier alpha value is -2.91. The van der Waals surface area contributed by atoms with Crippen LogP contribution in [0.3, 0.4) is 0 Å². The van der Waals surface area contributed by atoms with E-state index in [2.05, 4.69) is 72.0 Å². The number of amides is 1. The van der Waals surface area contributed by atoms with E-state index in [9.17, 15) is 4.79 Å². The van der Waals surface area contributed by atoms with Crippen LogP contribution >= 0.6 is 0 Å². The van der Waals surface area contributed by atoms with Gasteiger partial charge in [-0.15, -0.1) is 0 Å². The normalized spacial score (nSPS) is 13.4. The highest BCUT2D eigenvalue weighted by Crippen LogP contribution is 2.26. The Balaban J connectivity index is 1.53. The van der Waals surface area contributed by atoms with Crippen molar-refractivity contribution in [3.8, 4) is 0 Å². The van der Waals surface area contributed by atoms with E-state index in [4.69, 9.17) is 0 Å². The van der Waals surface area contributed by atoms with Crippen molar-refractivity contribution in [1.82, 2.24) is 0 Å². The van der Waals surface area contributed by atoms with Crippen molar-refractivity contribution in [3.05, 3.63) is 102 Å². The molecule has 0 bridgehead atoms. The predicted molar refractivity (Wildman–Crippen MR) is 109 cm³/mol. The molecule has 1 aliphatic rings. The number of aryl methyl sites for hydroxylation is 1. The number of hydrogen-bond donors (Lipinski definition) is 1. The maximum absolute atomic E-state index is 13.0. The van der Waals surface area contributed by atoms with Crippen molar-refractivity contribution in [1.29, 1.82) is 0 Å². The van der Waals surface area contributed by atoms with Crippen LogP contribution in [0.1, 0.15) is 29.2 Å². The first kappa shape index (κ1) is 17.5. The number of fused-ring (bicyclic) bond motifs is 1. The number of anilines is 1. The van der Waals surface area contributed by atoms with Gasteiger partial charge < -0.3 is 10.2 Å². The quantitative estimate of drug-likeness (QED) is 0.747. The highest BCUT2D eigenvalue weighted by atomic mass is 16.2. The number of carbonyl (C=O) groups excluding carboxylic acids is 1. The zero-order chi connectivity index (χ0) is 18.5. The standard InChI is InChI=1S/C24H24N2O/c27-23(26-17-9-15-19-10-7-8-16-22(19)26)18-25-24(20-11-3-1-4-12-20)21-13-5-2-6-14-21/h1-8,10-14,16,24-25H,9,15,17-18H2/p+1. The fourth-order valence-corrected chi connectivity index (χ4v) is 3.91. The van der Waals surface area contributed by atoms with Crippen molar-refractivity contribution in [2.45, 2.75) is 18.9 Å². The topological polar surface area (TPSA) is 36.9 Å². The lowest BCUT2D eigenvalue weighted by Gasteiger charge is -2.29. The Morgan fingerprint density at radius 1 is 0.852 bits per heavy atom. The summed E-state index contributed by atoms with van der Waals surface area (Å²) in [6.07, 6.45) is 2.09. The highest BCUT2D eigenvalue weighted by molar-refractivity contribution is 5.95. The van der Waals surface area contributed by atoms with E-state index in [1.807, 2.05) is 23.1 Å². The molecule has 3 heteroatoms. The Bertz CT molecular complexity index is 853. The largest absolute Gasteiger partial charge is 0.328 e. The third kappa shape index (κ3) is 3.93. The van der Waals surface area contributed by atoms with Gasteiger partial charge in [-0.2, -0.15) is 0 Å². The van der Waals surface area contributed by atoms with E-state index < -0.39 is 0 Å². The maximum Gasteiger partial charge on any atom is 0.282 e. The smallest absolute Gasteiger partial charge is 0.282 e. The van der Waals surface area contributed by atoms with Gasteiger partial charge in [-0.1, -0.05) is 78.9 Å². The summed E-state index contributed by atoms with van der Waals surface area (Å²) in [6.45, 7) is 1.24. The van der Waals surface area contributed by atoms with E-state index in [0.717, 1.165) is 25.1 Å². The van der Waals surface area contributed by atoms with Crippen LogP contribution in [0.25, 0.3) is 0 Å². The van der Waals surface area contributed by atoms with Crippen LogP contribution in [0.15, 0.2) is 84.9 Å². The lowest BCUT2D eigenvalue weighted by molar-refractivity contribution is -0.676. The van der Waals surface area contributed by atoms with Crippen LogP contribution in [-0.4, -0.2) is 19.0 Å². The molecule has 0 saturated carbocycles. The molecular formula is C24H25N2O+. The Kier molecular flexibility index (Phi) is 5.31. The summed E-state index contributed by atoms with van der Waals surface area (Å²) in [4.78, 5) is 15.0. The zero-order valence-corrected chi connectivity index (χ0v) is 15.4. The number of quaternary nitrogens is 1. The molecular weight excluding hydrogens is 332 g/mol. The van der Waals surface area contributed by atoms with Gasteiger partial charge in [0.25, 0.3) is 5.91 Å². The van der Waals surface area contributed by atoms with Crippen LogP contribution < -0.4 is 10.2 Å². The molecule has 3 nitrogen and oxygen atoms in total. The molecule has 136 valence electrons. The predicted octanol–water partition coefficient (Wildman–Crippen LogP) is 3.32. The fraction of sp³-hybridized carbons (Fsp3) is 0.208. The molecule has 4 rings (SSSR count). The summed E-state index contributed by atoms with van der Waals surface area (Å²) < 4.78 is 0. The van der Waals surface area contributed by atoms with E-state index in [1.165, 1.54) is 16.7 Å². The highest BCUT2D eigenvalue weighted by Gasteiger charge is 2.25. The summed E-state index contributed by atoms with van der Waals surface area (Å²) in [6, 6.07) is 29.2. The number of nitrogens with two attached hydrogens (primary N) is 1. The molecule has 1 aliphatic heterocycles. The van der Waals surface area contributed by atoms with Gasteiger partial charge in [0.2, 0.25) is 0 Å². The van der Waals surface area contributed by atoms with Crippen molar-refractivity contribution < 1.29 is 10.1 Å². The minimum Gasteiger partial charge on any atom is -0.328 e. The van der Waals surface area contributed by atoms with Crippen LogP contribution in [0.2, 0.25) is 0 Å². The van der Waals surface area contributed by atoms with Crippen LogP contribution in [-0.2, 0) is 11.2 Å². The van der Waals surface area contributed by atoms with Crippen LogP contribution in [0.4, 0.5) is 5.69 Å². The van der Waals surface area contributed by atoms with Gasteiger partial charge in [0.1, 0.15) is 6.04 Å². The van der Waals surface area contributed by atoms with Crippen molar-refractivity contribution in [2.24, 2.45) is 0 Å². The third-order valence-electron chi connectivity index (χ3n) is 5.26. The molecule has 0 saturated heterocycles. The summed E-state index contributed by atoms with van der Waals surface area (Å²) in [5, 5.41) is 2.16. The second-order valence-corrected chi connectivity index (χ2v) is 7.02. The lowest BCUT2D eigenvalue weighted by Crippen LogP contribution is -2.88. The van der Waals surface area contributed by atoms with Gasteiger partial charge in [-0.25, -0.2) is 0 Å². The van der Waals surface area contributed by atoms with Crippen molar-refractivity contribution in [3.63, 3.8) is 0 Å². The SMILES string of the molecule is O=C(C[NH2+]C(c1ccccc1)c1ccccc1)N1CCCc2ccccc21. The molecule has 1 heterocycles. The number of carbonyl (C=O) groups is 1. The van der Waals surface area contributed by atoms with Crippen LogP contribution in [0, 0.1) is 0 Å². The number of benzene rings is 3. The van der Waals surface area contributed by atoms with Gasteiger partial charge in [0.05, 0.1) is 0 Å². The average Bonchev–Trinajstić information content (AvgIpc) is 2.75. The minimum atomic E-state index is 0.122. The molecule has 0 fully saturated rings. The monoisotopic (exact) mass is 357 g/mol. The van der Waals surface area contributed by atoms with Crippen LogP contribution in [0.5, 0.6) is 0 Å². The lowest BCUT2D eigenvalue weighted by atomic mass is 9.98. The zero-order valence-electron chi connectivity index (χ0n) is 15.4. The van der Waals surface area contributed by atoms with Gasteiger partial charge in [0, 0.05) is 23.4 Å². The average molecular weight is 357 g/mol. The number of hydrogen-bond acceptors (Lipinski definition) is 1. The molecule has 1 amide bonds. The first-order chi connectivity index (χ1) is 13.3. The molecule has 0 atom stereocenters. The molecule has 0 spiro atoms. The number of rotatable bonds is 5. The van der Waals surface area contributed by atoms with Gasteiger partial charge in [-0.05, 0) is 24.5 Å². The van der Waals surface area contributed by atoms with Gasteiger partial charge in [0.15, 0.2) is 6.54 Å². The van der Waals surface area contributed by atoms with E-state index in [0.29, 0.717) is 6.54 Å². The summed E-state index contributed by atoms with van der Waals surface area (Å²) in [5.74, 6) is 0.180. The van der Waals surface area contributed by atoms with Gasteiger partial charge >= 0.3 is 0 Å². The Morgan fingerprint density at radius 3 is 2.11 bits per heavy atom.